The molecule has 2 heteroatoms. The van der Waals surface area contributed by atoms with E-state index in [4.69, 9.17) is 0 Å². The fourth-order valence-corrected chi connectivity index (χ4v) is 0.865. The summed E-state index contributed by atoms with van der Waals surface area (Å²) < 4.78 is 0. The Balaban J connectivity index is 0.000001000. The van der Waals surface area contributed by atoms with Gasteiger partial charge in [-0.15, -0.1) is 0 Å². The smallest absolute Gasteiger partial charge is 0.0363 e. The van der Waals surface area contributed by atoms with E-state index >= 15 is 0 Å². The third kappa shape index (κ3) is 3.14. The predicted octanol–water partition coefficient (Wildman–Crippen LogP) is 1.76. The molecule has 0 spiro atoms. The maximum atomic E-state index is 2.21. The second-order valence-corrected chi connectivity index (χ2v) is 2.35. The van der Waals surface area contributed by atoms with Crippen molar-refractivity contribution in [2.75, 3.05) is 18.5 Å². The molecule has 0 aromatic heterocycles. The summed E-state index contributed by atoms with van der Waals surface area (Å²) in [6.07, 6.45) is 0. The van der Waals surface area contributed by atoms with Crippen LogP contribution >= 0.6 is 0 Å². The summed E-state index contributed by atoms with van der Waals surface area (Å²) in [5.41, 5.74) is 1.28. The molecule has 1 aromatic rings. The van der Waals surface area contributed by atoms with Crippen LogP contribution in [0.1, 0.15) is 6.92 Å². The standard InChI is InChI=1S/C9H13N.Sn/c1-3-10(2)9-7-5-4-6-8-9;/h4-8H,3H2,1-2H3;. The molecule has 0 fully saturated rings. The summed E-state index contributed by atoms with van der Waals surface area (Å²) >= 11 is 0. The number of rotatable bonds is 2. The molecule has 0 aliphatic carbocycles. The monoisotopic (exact) mass is 255 g/mol. The molecule has 11 heavy (non-hydrogen) atoms. The minimum absolute atomic E-state index is 0. The quantitative estimate of drug-likeness (QED) is 0.727. The second kappa shape index (κ2) is 5.47. The fourth-order valence-electron chi connectivity index (χ4n) is 0.865. The molecule has 58 valence electrons. The van der Waals surface area contributed by atoms with Gasteiger partial charge in [0.2, 0.25) is 0 Å². The van der Waals surface area contributed by atoms with Gasteiger partial charge in [0.25, 0.3) is 0 Å². The number of benzene rings is 1. The van der Waals surface area contributed by atoms with Crippen molar-refractivity contribution in [2.45, 2.75) is 6.92 Å². The first-order valence-corrected chi connectivity index (χ1v) is 3.60. The van der Waals surface area contributed by atoms with Gasteiger partial charge in [0.05, 0.1) is 0 Å². The molecule has 0 saturated carbocycles. The largest absolute Gasteiger partial charge is 0.375 e. The van der Waals surface area contributed by atoms with Crippen LogP contribution in [0.3, 0.4) is 0 Å². The first-order chi connectivity index (χ1) is 4.84. The van der Waals surface area contributed by atoms with E-state index in [1.165, 1.54) is 5.69 Å². The van der Waals surface area contributed by atoms with E-state index < -0.39 is 0 Å². The zero-order valence-corrected chi connectivity index (χ0v) is 9.90. The van der Waals surface area contributed by atoms with Crippen LogP contribution in [-0.4, -0.2) is 37.5 Å². The van der Waals surface area contributed by atoms with E-state index in [1.807, 2.05) is 6.07 Å². The third-order valence-corrected chi connectivity index (χ3v) is 1.67. The van der Waals surface area contributed by atoms with Crippen molar-refractivity contribution in [3.63, 3.8) is 0 Å². The Labute approximate surface area is 85.4 Å². The Bertz CT molecular complexity index is 186. The van der Waals surface area contributed by atoms with E-state index in [-0.39, 0.29) is 23.9 Å². The molecule has 0 atom stereocenters. The third-order valence-electron chi connectivity index (χ3n) is 1.67. The average Bonchev–Trinajstić information content (AvgIpc) is 2.05. The first kappa shape index (κ1) is 10.8. The molecule has 1 rings (SSSR count). The Morgan fingerprint density at radius 3 is 2.18 bits per heavy atom. The number of hydrogen-bond donors (Lipinski definition) is 0. The van der Waals surface area contributed by atoms with Gasteiger partial charge < -0.3 is 4.90 Å². The van der Waals surface area contributed by atoms with Gasteiger partial charge in [-0.25, -0.2) is 0 Å². The van der Waals surface area contributed by atoms with E-state index in [0.29, 0.717) is 0 Å². The van der Waals surface area contributed by atoms with Crippen LogP contribution in [0.4, 0.5) is 5.69 Å². The summed E-state index contributed by atoms with van der Waals surface area (Å²) in [6, 6.07) is 10.4. The van der Waals surface area contributed by atoms with Crippen LogP contribution in [0, 0.1) is 0 Å². The minimum Gasteiger partial charge on any atom is -0.375 e. The molecular formula is C9H13NSn. The van der Waals surface area contributed by atoms with Crippen LogP contribution in [0.15, 0.2) is 30.3 Å². The van der Waals surface area contributed by atoms with Gasteiger partial charge in [0.15, 0.2) is 0 Å². The molecule has 4 radical (unpaired) electrons. The predicted molar refractivity (Wildman–Crippen MR) is 51.1 cm³/mol. The van der Waals surface area contributed by atoms with Gasteiger partial charge in [0, 0.05) is 43.2 Å². The SMILES string of the molecule is CCN(C)c1ccccc1.[Sn]. The molecule has 1 aromatic carbocycles. The van der Waals surface area contributed by atoms with Crippen LogP contribution in [-0.2, 0) is 0 Å². The summed E-state index contributed by atoms with van der Waals surface area (Å²) in [5, 5.41) is 0. The topological polar surface area (TPSA) is 3.24 Å². The van der Waals surface area contributed by atoms with Gasteiger partial charge in [0.1, 0.15) is 0 Å². The van der Waals surface area contributed by atoms with Crippen LogP contribution < -0.4 is 4.90 Å². The Morgan fingerprint density at radius 2 is 1.73 bits per heavy atom. The zero-order valence-electron chi connectivity index (χ0n) is 7.04. The maximum Gasteiger partial charge on any atom is 0.0363 e. The molecular weight excluding hydrogens is 241 g/mol. The molecule has 1 nitrogen and oxygen atoms in total. The normalized spacial score (nSPS) is 8.55. The summed E-state index contributed by atoms with van der Waals surface area (Å²) in [7, 11) is 2.09. The van der Waals surface area contributed by atoms with Crippen molar-refractivity contribution in [2.24, 2.45) is 0 Å². The second-order valence-electron chi connectivity index (χ2n) is 2.35. The van der Waals surface area contributed by atoms with E-state index in [0.717, 1.165) is 6.54 Å². The minimum atomic E-state index is 0. The van der Waals surface area contributed by atoms with Gasteiger partial charge in [-0.2, -0.15) is 0 Å². The van der Waals surface area contributed by atoms with Gasteiger partial charge in [-0.1, -0.05) is 18.2 Å². The number of nitrogens with zero attached hydrogens (tertiary/aromatic N) is 1. The van der Waals surface area contributed by atoms with Crippen LogP contribution in [0.25, 0.3) is 0 Å². The summed E-state index contributed by atoms with van der Waals surface area (Å²) in [4.78, 5) is 2.21. The molecule has 0 aliphatic rings. The van der Waals surface area contributed by atoms with Crippen molar-refractivity contribution in [3.8, 4) is 0 Å². The number of para-hydroxylation sites is 1. The molecule has 0 heterocycles. The van der Waals surface area contributed by atoms with Gasteiger partial charge in [-0.05, 0) is 19.1 Å². The number of hydrogen-bond acceptors (Lipinski definition) is 1. The zero-order chi connectivity index (χ0) is 7.40. The first-order valence-electron chi connectivity index (χ1n) is 3.60. The van der Waals surface area contributed by atoms with Gasteiger partial charge >= 0.3 is 0 Å². The van der Waals surface area contributed by atoms with Crippen molar-refractivity contribution in [1.82, 2.24) is 0 Å². The average molecular weight is 254 g/mol. The number of anilines is 1. The molecule has 0 amide bonds. The molecule has 0 unspecified atom stereocenters. The Morgan fingerprint density at radius 1 is 1.18 bits per heavy atom. The molecule has 0 bridgehead atoms. The van der Waals surface area contributed by atoms with E-state index in [2.05, 4.69) is 43.1 Å². The fraction of sp³-hybridized carbons (Fsp3) is 0.333. The van der Waals surface area contributed by atoms with Crippen molar-refractivity contribution in [3.05, 3.63) is 30.3 Å². The van der Waals surface area contributed by atoms with E-state index in [9.17, 15) is 0 Å². The van der Waals surface area contributed by atoms with Crippen molar-refractivity contribution in [1.29, 1.82) is 0 Å². The molecule has 0 aliphatic heterocycles. The van der Waals surface area contributed by atoms with Crippen LogP contribution in [0.5, 0.6) is 0 Å². The Kier molecular flexibility index (Phi) is 5.38. The Hall–Kier alpha value is -0.181. The van der Waals surface area contributed by atoms with Gasteiger partial charge in [-0.3, -0.25) is 0 Å². The molecule has 0 saturated heterocycles. The van der Waals surface area contributed by atoms with Crippen molar-refractivity contribution >= 4 is 29.6 Å². The summed E-state index contributed by atoms with van der Waals surface area (Å²) in [6.45, 7) is 3.21. The van der Waals surface area contributed by atoms with E-state index in [1.54, 1.807) is 0 Å². The summed E-state index contributed by atoms with van der Waals surface area (Å²) in [5.74, 6) is 0. The van der Waals surface area contributed by atoms with Crippen LogP contribution in [0.2, 0.25) is 0 Å². The van der Waals surface area contributed by atoms with Crippen molar-refractivity contribution < 1.29 is 0 Å². The maximum absolute atomic E-state index is 2.21. The molecule has 0 N–H and O–H groups in total.